The van der Waals surface area contributed by atoms with Crippen LogP contribution in [0.2, 0.25) is 0 Å². The van der Waals surface area contributed by atoms with Crippen molar-refractivity contribution in [3.05, 3.63) is 83.9 Å². The molecule has 0 radical (unpaired) electrons. The van der Waals surface area contributed by atoms with Crippen LogP contribution in [0.5, 0.6) is 0 Å². The fourth-order valence-corrected chi connectivity index (χ4v) is 2.74. The Morgan fingerprint density at radius 3 is 2.20 bits per heavy atom. The monoisotopic (exact) mass is 329 g/mol. The number of nitrogens with zero attached hydrogens (tertiary/aromatic N) is 1. The summed E-state index contributed by atoms with van der Waals surface area (Å²) in [5, 5.41) is 19.3. The van der Waals surface area contributed by atoms with E-state index in [2.05, 4.69) is 0 Å². The van der Waals surface area contributed by atoms with E-state index in [1.54, 1.807) is 12.1 Å². The maximum atomic E-state index is 9.65. The minimum Gasteiger partial charge on any atom is -0.423 e. The lowest BCUT2D eigenvalue weighted by Crippen LogP contribution is -2.30. The first-order chi connectivity index (χ1) is 12.0. The van der Waals surface area contributed by atoms with Crippen molar-refractivity contribution < 1.29 is 10.0 Å². The largest absolute Gasteiger partial charge is 0.488 e. The normalized spacial score (nSPS) is 11.4. The molecule has 0 atom stereocenters. The van der Waals surface area contributed by atoms with E-state index < -0.39 is 7.12 Å². The fourth-order valence-electron chi connectivity index (χ4n) is 2.74. The van der Waals surface area contributed by atoms with Crippen molar-refractivity contribution in [2.45, 2.75) is 13.8 Å². The van der Waals surface area contributed by atoms with E-state index in [1.807, 2.05) is 74.5 Å². The van der Waals surface area contributed by atoms with Gasteiger partial charge in [-0.3, -0.25) is 4.99 Å². The number of aliphatic imine (C=N–C) groups is 1. The van der Waals surface area contributed by atoms with Crippen LogP contribution < -0.4 is 5.46 Å². The molecule has 0 saturated carbocycles. The number of para-hydroxylation sites is 1. The molecule has 124 valence electrons. The Balaban J connectivity index is 2.09. The van der Waals surface area contributed by atoms with Gasteiger partial charge in [-0.1, -0.05) is 60.7 Å². The van der Waals surface area contributed by atoms with Gasteiger partial charge in [-0.05, 0) is 53.7 Å². The van der Waals surface area contributed by atoms with Gasteiger partial charge in [-0.2, -0.15) is 0 Å². The molecule has 25 heavy (non-hydrogen) atoms. The lowest BCUT2D eigenvalue weighted by molar-refractivity contribution is 0.426. The highest BCUT2D eigenvalue weighted by Crippen LogP contribution is 2.22. The van der Waals surface area contributed by atoms with Crippen molar-refractivity contribution in [3.63, 3.8) is 0 Å². The molecule has 0 aliphatic rings. The number of hydrogen-bond donors (Lipinski definition) is 2. The smallest absolute Gasteiger partial charge is 0.423 e. The maximum Gasteiger partial charge on any atom is 0.488 e. The lowest BCUT2D eigenvalue weighted by Gasteiger charge is -2.10. The van der Waals surface area contributed by atoms with Crippen LogP contribution in [0.15, 0.2) is 77.8 Å². The van der Waals surface area contributed by atoms with Gasteiger partial charge in [-0.25, -0.2) is 0 Å². The Morgan fingerprint density at radius 1 is 0.840 bits per heavy atom. The second kappa shape index (κ2) is 7.47. The van der Waals surface area contributed by atoms with Gasteiger partial charge in [0.05, 0.1) is 5.69 Å². The number of aryl methyl sites for hydroxylation is 1. The van der Waals surface area contributed by atoms with E-state index >= 15 is 0 Å². The Morgan fingerprint density at radius 2 is 1.52 bits per heavy atom. The van der Waals surface area contributed by atoms with Crippen LogP contribution in [0.4, 0.5) is 5.69 Å². The summed E-state index contributed by atoms with van der Waals surface area (Å²) in [6, 6.07) is 23.4. The van der Waals surface area contributed by atoms with E-state index in [0.717, 1.165) is 33.7 Å². The van der Waals surface area contributed by atoms with E-state index in [9.17, 15) is 10.0 Å². The maximum absolute atomic E-state index is 9.65. The third-order valence-corrected chi connectivity index (χ3v) is 4.18. The van der Waals surface area contributed by atoms with Crippen LogP contribution in [0.1, 0.15) is 18.1 Å². The van der Waals surface area contributed by atoms with Gasteiger partial charge < -0.3 is 10.0 Å². The summed E-state index contributed by atoms with van der Waals surface area (Å²) < 4.78 is 0. The summed E-state index contributed by atoms with van der Waals surface area (Å²) in [5.74, 6) is 0. The average molecular weight is 329 g/mol. The molecule has 3 rings (SSSR count). The molecule has 0 heterocycles. The third kappa shape index (κ3) is 4.05. The summed E-state index contributed by atoms with van der Waals surface area (Å²) in [7, 11) is -1.52. The SMILES string of the molecule is CC(=Nc1ccccc1C)c1cc(B(O)O)cc(-c2ccccc2)c1. The quantitative estimate of drug-likeness (QED) is 0.569. The highest BCUT2D eigenvalue weighted by molar-refractivity contribution is 6.58. The Hall–Kier alpha value is -2.69. The van der Waals surface area contributed by atoms with Crippen molar-refractivity contribution in [1.82, 2.24) is 0 Å². The molecule has 0 bridgehead atoms. The Kier molecular flexibility index (Phi) is 5.12. The average Bonchev–Trinajstić information content (AvgIpc) is 2.64. The van der Waals surface area contributed by atoms with E-state index in [-0.39, 0.29) is 0 Å². The number of benzene rings is 3. The second-order valence-corrected chi connectivity index (χ2v) is 6.07. The standard InChI is InChI=1S/C21H20BNO2/c1-15-8-6-7-11-21(15)23-16(2)18-12-19(14-20(13-18)22(24)25)17-9-4-3-5-10-17/h3-14,24-25H,1-2H3. The van der Waals surface area contributed by atoms with Crippen molar-refractivity contribution >= 4 is 24.0 Å². The zero-order valence-corrected chi connectivity index (χ0v) is 14.3. The first kappa shape index (κ1) is 17.1. The zero-order chi connectivity index (χ0) is 17.8. The van der Waals surface area contributed by atoms with Gasteiger partial charge in [0, 0.05) is 5.71 Å². The molecule has 0 amide bonds. The molecule has 0 fully saturated rings. The first-order valence-corrected chi connectivity index (χ1v) is 8.22. The molecule has 0 aliphatic heterocycles. The van der Waals surface area contributed by atoms with E-state index in [4.69, 9.17) is 4.99 Å². The van der Waals surface area contributed by atoms with Gasteiger partial charge in [0.15, 0.2) is 0 Å². The van der Waals surface area contributed by atoms with E-state index in [1.165, 1.54) is 0 Å². The third-order valence-electron chi connectivity index (χ3n) is 4.18. The van der Waals surface area contributed by atoms with Crippen LogP contribution in [0.3, 0.4) is 0 Å². The molecule has 0 saturated heterocycles. The molecule has 0 spiro atoms. The topological polar surface area (TPSA) is 52.8 Å². The number of rotatable bonds is 4. The highest BCUT2D eigenvalue weighted by Gasteiger charge is 2.15. The number of hydrogen-bond acceptors (Lipinski definition) is 3. The van der Waals surface area contributed by atoms with Gasteiger partial charge in [0.1, 0.15) is 0 Å². The van der Waals surface area contributed by atoms with Crippen LogP contribution in [-0.4, -0.2) is 22.9 Å². The van der Waals surface area contributed by atoms with Crippen molar-refractivity contribution in [3.8, 4) is 11.1 Å². The summed E-state index contributed by atoms with van der Waals surface area (Å²) in [4.78, 5) is 4.72. The summed E-state index contributed by atoms with van der Waals surface area (Å²) >= 11 is 0. The minimum atomic E-state index is -1.52. The van der Waals surface area contributed by atoms with Gasteiger partial charge >= 0.3 is 7.12 Å². The lowest BCUT2D eigenvalue weighted by atomic mass is 9.77. The first-order valence-electron chi connectivity index (χ1n) is 8.22. The molecule has 4 heteroatoms. The van der Waals surface area contributed by atoms with Crippen LogP contribution in [0, 0.1) is 6.92 Å². The van der Waals surface area contributed by atoms with Crippen molar-refractivity contribution in [2.75, 3.05) is 0 Å². The molecular weight excluding hydrogens is 309 g/mol. The van der Waals surface area contributed by atoms with Crippen LogP contribution >= 0.6 is 0 Å². The van der Waals surface area contributed by atoms with Crippen molar-refractivity contribution in [1.29, 1.82) is 0 Å². The predicted octanol–water partition coefficient (Wildman–Crippen LogP) is 3.48. The Bertz CT molecular complexity index is 905. The molecule has 0 unspecified atom stereocenters. The second-order valence-electron chi connectivity index (χ2n) is 6.07. The highest BCUT2D eigenvalue weighted by atomic mass is 16.4. The van der Waals surface area contributed by atoms with Gasteiger partial charge in [-0.15, -0.1) is 0 Å². The van der Waals surface area contributed by atoms with Crippen LogP contribution in [-0.2, 0) is 0 Å². The molecule has 0 aliphatic carbocycles. The van der Waals surface area contributed by atoms with Crippen molar-refractivity contribution in [2.24, 2.45) is 4.99 Å². The van der Waals surface area contributed by atoms with E-state index in [0.29, 0.717) is 5.46 Å². The molecular formula is C21H20BNO2. The molecule has 0 aromatic heterocycles. The summed E-state index contributed by atoms with van der Waals surface area (Å²) in [5.41, 5.74) is 6.12. The zero-order valence-electron chi connectivity index (χ0n) is 14.3. The fraction of sp³-hybridized carbons (Fsp3) is 0.0952. The Labute approximate surface area is 148 Å². The predicted molar refractivity (Wildman–Crippen MR) is 105 cm³/mol. The minimum absolute atomic E-state index is 0.454. The molecule has 3 aromatic carbocycles. The molecule has 3 aromatic rings. The molecule has 3 nitrogen and oxygen atoms in total. The van der Waals surface area contributed by atoms with Gasteiger partial charge in [0.2, 0.25) is 0 Å². The van der Waals surface area contributed by atoms with Gasteiger partial charge in [0.25, 0.3) is 0 Å². The summed E-state index contributed by atoms with van der Waals surface area (Å²) in [6.45, 7) is 3.96. The van der Waals surface area contributed by atoms with Crippen LogP contribution in [0.25, 0.3) is 11.1 Å². The summed E-state index contributed by atoms with van der Waals surface area (Å²) in [6.07, 6.45) is 0. The molecule has 2 N–H and O–H groups in total.